The van der Waals surface area contributed by atoms with Gasteiger partial charge in [-0.3, -0.25) is 4.79 Å². The van der Waals surface area contributed by atoms with E-state index < -0.39 is 0 Å². The molecule has 1 aromatic rings. The van der Waals surface area contributed by atoms with E-state index in [1.54, 1.807) is 0 Å². The molecule has 0 N–H and O–H groups in total. The van der Waals surface area contributed by atoms with Crippen LogP contribution in [0, 0.1) is 5.92 Å². The Balaban J connectivity index is 1.48. The molecule has 3 aliphatic rings. The molecule has 2 aliphatic heterocycles. The summed E-state index contributed by atoms with van der Waals surface area (Å²) in [5.41, 5.74) is 0.967. The first-order valence-electron chi connectivity index (χ1n) is 9.30. The second-order valence-corrected chi connectivity index (χ2v) is 9.54. The Labute approximate surface area is 148 Å². The molecule has 0 spiro atoms. The average Bonchev–Trinajstić information content (AvgIpc) is 3.11. The summed E-state index contributed by atoms with van der Waals surface area (Å²) in [7, 11) is 0. The van der Waals surface area contributed by atoms with E-state index in [9.17, 15) is 4.79 Å². The maximum absolute atomic E-state index is 13.1. The van der Waals surface area contributed by atoms with Gasteiger partial charge in [0.1, 0.15) is 0 Å². The summed E-state index contributed by atoms with van der Waals surface area (Å²) in [6, 6.07) is 2.75. The number of thiophene rings is 1. The van der Waals surface area contributed by atoms with Crippen LogP contribution < -0.4 is 0 Å². The molecule has 0 bridgehead atoms. The molecule has 1 saturated carbocycles. The molecule has 2 atom stereocenters. The number of carbonyl (C=O) groups is 1. The average molecular weight is 350 g/mol. The van der Waals surface area contributed by atoms with Crippen LogP contribution in [0.1, 0.15) is 72.5 Å². The summed E-state index contributed by atoms with van der Waals surface area (Å²) in [5, 5.41) is 2.13. The van der Waals surface area contributed by atoms with Crippen molar-refractivity contribution in [2.75, 3.05) is 18.1 Å². The van der Waals surface area contributed by atoms with Gasteiger partial charge in [0.15, 0.2) is 0 Å². The zero-order chi connectivity index (χ0) is 15.6. The van der Waals surface area contributed by atoms with Gasteiger partial charge >= 0.3 is 0 Å². The monoisotopic (exact) mass is 349 g/mol. The number of nitrogens with zero attached hydrogens (tertiary/aromatic N) is 1. The minimum Gasteiger partial charge on any atom is -0.335 e. The van der Waals surface area contributed by atoms with Crippen LogP contribution in [0.5, 0.6) is 0 Å². The number of carbonyl (C=O) groups excluding carboxylic acids is 1. The van der Waals surface area contributed by atoms with E-state index in [4.69, 9.17) is 0 Å². The van der Waals surface area contributed by atoms with Crippen molar-refractivity contribution >= 4 is 29.0 Å². The maximum Gasteiger partial charge on any atom is 0.254 e. The highest BCUT2D eigenvalue weighted by atomic mass is 32.2. The van der Waals surface area contributed by atoms with Crippen molar-refractivity contribution in [1.29, 1.82) is 0 Å². The number of piperidine rings is 1. The molecule has 2 saturated heterocycles. The summed E-state index contributed by atoms with van der Waals surface area (Å²) in [6.45, 7) is 0.977. The summed E-state index contributed by atoms with van der Waals surface area (Å²) in [5.74, 6) is 4.35. The van der Waals surface area contributed by atoms with Crippen molar-refractivity contribution in [1.82, 2.24) is 4.90 Å². The Kier molecular flexibility index (Phi) is 5.00. The Morgan fingerprint density at radius 2 is 1.83 bits per heavy atom. The minimum absolute atomic E-state index is 0.314. The zero-order valence-corrected chi connectivity index (χ0v) is 15.5. The van der Waals surface area contributed by atoms with Crippen molar-refractivity contribution in [2.24, 2.45) is 5.92 Å². The number of amides is 1. The van der Waals surface area contributed by atoms with E-state index in [1.807, 2.05) is 11.3 Å². The highest BCUT2D eigenvalue weighted by Crippen LogP contribution is 2.38. The van der Waals surface area contributed by atoms with Gasteiger partial charge in [0.2, 0.25) is 0 Å². The van der Waals surface area contributed by atoms with Gasteiger partial charge in [-0.1, -0.05) is 12.8 Å². The van der Waals surface area contributed by atoms with Crippen LogP contribution in [0.4, 0.5) is 0 Å². The van der Waals surface area contributed by atoms with Crippen molar-refractivity contribution in [3.8, 4) is 0 Å². The molecule has 1 amide bonds. The number of rotatable bonds is 2. The predicted octanol–water partition coefficient (Wildman–Crippen LogP) is 5.15. The first-order valence-corrected chi connectivity index (χ1v) is 11.3. The number of fused-ring (bicyclic) bond motifs is 1. The van der Waals surface area contributed by atoms with Crippen molar-refractivity contribution in [3.63, 3.8) is 0 Å². The van der Waals surface area contributed by atoms with E-state index in [1.165, 1.54) is 67.7 Å². The van der Waals surface area contributed by atoms with E-state index in [-0.39, 0.29) is 0 Å². The first-order chi connectivity index (χ1) is 11.3. The molecular weight excluding hydrogens is 322 g/mol. The van der Waals surface area contributed by atoms with E-state index >= 15 is 0 Å². The van der Waals surface area contributed by atoms with Gasteiger partial charge in [0.25, 0.3) is 5.91 Å². The lowest BCUT2D eigenvalue weighted by atomic mass is 9.78. The van der Waals surface area contributed by atoms with Crippen LogP contribution in [-0.4, -0.2) is 34.9 Å². The largest absolute Gasteiger partial charge is 0.335 e. The molecule has 0 aromatic carbocycles. The third-order valence-electron chi connectivity index (χ3n) is 5.99. The molecule has 1 aliphatic carbocycles. The second-order valence-electron chi connectivity index (χ2n) is 7.38. The number of hydrogen-bond donors (Lipinski definition) is 0. The lowest BCUT2D eigenvalue weighted by Crippen LogP contribution is -2.49. The Bertz CT molecular complexity index is 547. The highest BCUT2D eigenvalue weighted by molar-refractivity contribution is 7.99. The van der Waals surface area contributed by atoms with Gasteiger partial charge < -0.3 is 4.90 Å². The van der Waals surface area contributed by atoms with E-state index in [2.05, 4.69) is 28.1 Å². The Hall–Kier alpha value is -0.480. The van der Waals surface area contributed by atoms with Crippen LogP contribution in [0.2, 0.25) is 0 Å². The molecule has 3 heterocycles. The topological polar surface area (TPSA) is 20.3 Å². The van der Waals surface area contributed by atoms with Gasteiger partial charge in [0, 0.05) is 22.8 Å². The van der Waals surface area contributed by atoms with E-state index in [0.717, 1.165) is 18.0 Å². The van der Waals surface area contributed by atoms with Gasteiger partial charge in [-0.2, -0.15) is 11.8 Å². The van der Waals surface area contributed by atoms with Gasteiger partial charge in [0.05, 0.1) is 5.56 Å². The van der Waals surface area contributed by atoms with Crippen LogP contribution >= 0.6 is 23.1 Å². The first kappa shape index (κ1) is 16.0. The fourth-order valence-electron chi connectivity index (χ4n) is 4.70. The van der Waals surface area contributed by atoms with Crippen LogP contribution in [0.15, 0.2) is 11.4 Å². The van der Waals surface area contributed by atoms with Crippen molar-refractivity contribution in [3.05, 3.63) is 21.9 Å². The van der Waals surface area contributed by atoms with Crippen LogP contribution in [0.3, 0.4) is 0 Å². The molecular formula is C19H27NOS2. The summed E-state index contributed by atoms with van der Waals surface area (Å²) < 4.78 is 0. The third-order valence-corrected chi connectivity index (χ3v) is 8.14. The van der Waals surface area contributed by atoms with Crippen molar-refractivity contribution < 1.29 is 4.79 Å². The minimum atomic E-state index is 0.314. The standard InChI is InChI=1S/C19H27NOS2/c21-19(20-9-3-5-14-4-1-2-6-17(14)20)16-12-18(23-13-16)15-7-10-22-11-8-15/h12-15,17H,1-11H2. The Morgan fingerprint density at radius 3 is 2.70 bits per heavy atom. The van der Waals surface area contributed by atoms with Crippen LogP contribution in [-0.2, 0) is 0 Å². The molecule has 4 heteroatoms. The van der Waals surface area contributed by atoms with E-state index in [0.29, 0.717) is 17.9 Å². The maximum atomic E-state index is 13.1. The fourth-order valence-corrected chi connectivity index (χ4v) is 6.87. The molecule has 4 rings (SSSR count). The number of thioether (sulfide) groups is 1. The highest BCUT2D eigenvalue weighted by Gasteiger charge is 2.36. The SMILES string of the molecule is O=C(c1csc(C2CCSCC2)c1)N1CCCC2CCCCC21. The molecule has 0 radical (unpaired) electrons. The summed E-state index contributed by atoms with van der Waals surface area (Å²) >= 11 is 3.89. The van der Waals surface area contributed by atoms with Gasteiger partial charge in [-0.25, -0.2) is 0 Å². The van der Waals surface area contributed by atoms with Crippen LogP contribution in [0.25, 0.3) is 0 Å². The molecule has 23 heavy (non-hydrogen) atoms. The van der Waals surface area contributed by atoms with Gasteiger partial charge in [-0.15, -0.1) is 11.3 Å². The predicted molar refractivity (Wildman–Crippen MR) is 99.6 cm³/mol. The molecule has 2 unspecified atom stereocenters. The van der Waals surface area contributed by atoms with Crippen molar-refractivity contribution in [2.45, 2.75) is 63.3 Å². The smallest absolute Gasteiger partial charge is 0.254 e. The molecule has 3 fully saturated rings. The quantitative estimate of drug-likeness (QED) is 0.735. The second kappa shape index (κ2) is 7.18. The zero-order valence-electron chi connectivity index (χ0n) is 13.8. The molecule has 126 valence electrons. The third kappa shape index (κ3) is 3.34. The fraction of sp³-hybridized carbons (Fsp3) is 0.737. The normalized spacial score (nSPS) is 29.3. The lowest BCUT2D eigenvalue weighted by Gasteiger charge is -2.44. The number of likely N-dealkylation sites (tertiary alicyclic amines) is 1. The molecule has 2 nitrogen and oxygen atoms in total. The van der Waals surface area contributed by atoms with Gasteiger partial charge in [-0.05, 0) is 67.9 Å². The lowest BCUT2D eigenvalue weighted by molar-refractivity contribution is 0.0391. The summed E-state index contributed by atoms with van der Waals surface area (Å²) in [6.07, 6.45) is 10.3. The Morgan fingerprint density at radius 1 is 1.04 bits per heavy atom. The molecule has 1 aromatic heterocycles. The number of hydrogen-bond acceptors (Lipinski definition) is 3. The summed E-state index contributed by atoms with van der Waals surface area (Å²) in [4.78, 5) is 16.8.